The number of nitrogens with zero attached hydrogens (tertiary/aromatic N) is 2. The molecule has 0 bridgehead atoms. The van der Waals surface area contributed by atoms with Crippen LogP contribution >= 0.6 is 22.9 Å². The molecule has 0 radical (unpaired) electrons. The number of rotatable bonds is 5. The van der Waals surface area contributed by atoms with Gasteiger partial charge in [-0.1, -0.05) is 24.6 Å². The lowest BCUT2D eigenvalue weighted by Gasteiger charge is -2.09. The normalized spacial score (nSPS) is 10.5. The minimum absolute atomic E-state index is 0.543. The summed E-state index contributed by atoms with van der Waals surface area (Å²) in [6, 6.07) is 4.21. The highest BCUT2D eigenvalue weighted by Gasteiger charge is 2.07. The molecule has 0 saturated carbocycles. The molecule has 2 heterocycles. The van der Waals surface area contributed by atoms with Gasteiger partial charge in [-0.3, -0.25) is 0 Å². The van der Waals surface area contributed by atoms with E-state index in [4.69, 9.17) is 11.6 Å². The zero-order chi connectivity index (χ0) is 12.1. The van der Waals surface area contributed by atoms with Crippen LogP contribution in [0.3, 0.4) is 0 Å². The Bertz CT molecular complexity index is 471. The van der Waals surface area contributed by atoms with Crippen molar-refractivity contribution in [3.8, 4) is 0 Å². The molecule has 0 saturated heterocycles. The number of hydrogen-bond acceptors (Lipinski definition) is 4. The maximum Gasteiger partial charge on any atom is 0.137 e. The average Bonchev–Trinajstić information content (AvgIpc) is 2.82. The van der Waals surface area contributed by atoms with Crippen LogP contribution in [-0.2, 0) is 12.8 Å². The Morgan fingerprint density at radius 2 is 2.29 bits per heavy atom. The van der Waals surface area contributed by atoms with E-state index in [2.05, 4.69) is 39.7 Å². The lowest BCUT2D eigenvalue weighted by Crippen LogP contribution is -2.08. The molecule has 0 amide bonds. The van der Waals surface area contributed by atoms with Crippen molar-refractivity contribution in [3.05, 3.63) is 39.4 Å². The average molecular weight is 268 g/mol. The molecule has 5 heteroatoms. The molecule has 0 spiro atoms. The summed E-state index contributed by atoms with van der Waals surface area (Å²) < 4.78 is 0. The van der Waals surface area contributed by atoms with Crippen molar-refractivity contribution >= 4 is 28.8 Å². The standard InChI is InChI=1S/C12H14ClN3S/c1-2-10-11(13)15-8-16-12(10)14-6-5-9-4-3-7-17-9/h3-4,7-8H,2,5-6H2,1H3,(H,14,15,16). The quantitative estimate of drug-likeness (QED) is 0.844. The number of halogens is 1. The fourth-order valence-corrected chi connectivity index (χ4v) is 2.59. The molecule has 2 aromatic heterocycles. The third kappa shape index (κ3) is 3.17. The summed E-state index contributed by atoms with van der Waals surface area (Å²) in [5.74, 6) is 0.851. The summed E-state index contributed by atoms with van der Waals surface area (Å²) in [6.45, 7) is 2.91. The van der Waals surface area contributed by atoms with E-state index in [0.717, 1.165) is 30.8 Å². The van der Waals surface area contributed by atoms with Crippen molar-refractivity contribution in [1.82, 2.24) is 9.97 Å². The number of hydrogen-bond donors (Lipinski definition) is 1. The second kappa shape index (κ2) is 5.98. The van der Waals surface area contributed by atoms with E-state index < -0.39 is 0 Å². The van der Waals surface area contributed by atoms with E-state index >= 15 is 0 Å². The molecular formula is C12H14ClN3S. The van der Waals surface area contributed by atoms with Crippen molar-refractivity contribution in [3.63, 3.8) is 0 Å². The largest absolute Gasteiger partial charge is 0.369 e. The molecule has 0 aliphatic carbocycles. The molecule has 0 unspecified atom stereocenters. The van der Waals surface area contributed by atoms with Crippen LogP contribution in [-0.4, -0.2) is 16.5 Å². The fraction of sp³-hybridized carbons (Fsp3) is 0.333. The molecule has 0 aromatic carbocycles. The number of nitrogens with one attached hydrogen (secondary N) is 1. The van der Waals surface area contributed by atoms with Gasteiger partial charge in [0.15, 0.2) is 0 Å². The van der Waals surface area contributed by atoms with E-state index in [1.807, 2.05) is 0 Å². The van der Waals surface area contributed by atoms with Gasteiger partial charge in [-0.25, -0.2) is 9.97 Å². The van der Waals surface area contributed by atoms with Crippen molar-refractivity contribution in [1.29, 1.82) is 0 Å². The Balaban J connectivity index is 1.97. The fourth-order valence-electron chi connectivity index (χ4n) is 1.62. The Morgan fingerprint density at radius 1 is 1.41 bits per heavy atom. The molecule has 2 rings (SSSR count). The van der Waals surface area contributed by atoms with Gasteiger partial charge >= 0.3 is 0 Å². The van der Waals surface area contributed by atoms with Crippen LogP contribution in [0.25, 0.3) is 0 Å². The molecule has 2 aromatic rings. The first-order valence-electron chi connectivity index (χ1n) is 5.57. The molecule has 17 heavy (non-hydrogen) atoms. The first kappa shape index (κ1) is 12.3. The van der Waals surface area contributed by atoms with Crippen LogP contribution in [0.5, 0.6) is 0 Å². The van der Waals surface area contributed by atoms with E-state index in [1.54, 1.807) is 11.3 Å². The van der Waals surface area contributed by atoms with Gasteiger partial charge in [-0.05, 0) is 24.3 Å². The topological polar surface area (TPSA) is 37.8 Å². The number of thiophene rings is 1. The van der Waals surface area contributed by atoms with Gasteiger partial charge in [0.2, 0.25) is 0 Å². The maximum atomic E-state index is 6.02. The molecule has 0 atom stereocenters. The van der Waals surface area contributed by atoms with Crippen molar-refractivity contribution < 1.29 is 0 Å². The van der Waals surface area contributed by atoms with Gasteiger partial charge in [0, 0.05) is 17.0 Å². The van der Waals surface area contributed by atoms with Crippen molar-refractivity contribution in [2.45, 2.75) is 19.8 Å². The molecule has 3 nitrogen and oxygen atoms in total. The van der Waals surface area contributed by atoms with E-state index in [0.29, 0.717) is 5.15 Å². The molecule has 90 valence electrons. The van der Waals surface area contributed by atoms with E-state index in [9.17, 15) is 0 Å². The highest BCUT2D eigenvalue weighted by atomic mass is 35.5. The summed E-state index contributed by atoms with van der Waals surface area (Å²) in [6.07, 6.45) is 3.33. The summed E-state index contributed by atoms with van der Waals surface area (Å²) >= 11 is 7.79. The highest BCUT2D eigenvalue weighted by molar-refractivity contribution is 7.09. The van der Waals surface area contributed by atoms with Crippen LogP contribution in [0, 0.1) is 0 Å². The van der Waals surface area contributed by atoms with Gasteiger partial charge in [0.25, 0.3) is 0 Å². The van der Waals surface area contributed by atoms with Crippen LogP contribution in [0.2, 0.25) is 5.15 Å². The number of aromatic nitrogens is 2. The zero-order valence-electron chi connectivity index (χ0n) is 9.61. The molecule has 0 aliphatic rings. The Labute approximate surface area is 110 Å². The molecular weight excluding hydrogens is 254 g/mol. The second-order valence-corrected chi connectivity index (χ2v) is 4.99. The summed E-state index contributed by atoms with van der Waals surface area (Å²) in [5, 5.41) is 5.95. The Kier molecular flexibility index (Phi) is 4.34. The van der Waals surface area contributed by atoms with Crippen molar-refractivity contribution in [2.75, 3.05) is 11.9 Å². The summed E-state index contributed by atoms with van der Waals surface area (Å²) in [5.41, 5.74) is 0.986. The maximum absolute atomic E-state index is 6.02. The first-order valence-corrected chi connectivity index (χ1v) is 6.82. The van der Waals surface area contributed by atoms with Gasteiger partial charge < -0.3 is 5.32 Å². The van der Waals surface area contributed by atoms with E-state index in [1.165, 1.54) is 11.2 Å². The third-order valence-electron chi connectivity index (χ3n) is 2.49. The van der Waals surface area contributed by atoms with Gasteiger partial charge in [-0.2, -0.15) is 0 Å². The van der Waals surface area contributed by atoms with Crippen LogP contribution < -0.4 is 5.32 Å². The van der Waals surface area contributed by atoms with Gasteiger partial charge in [0.1, 0.15) is 17.3 Å². The predicted octanol–water partition coefficient (Wildman–Crippen LogP) is 3.41. The number of anilines is 1. The minimum atomic E-state index is 0.543. The monoisotopic (exact) mass is 267 g/mol. The molecule has 0 aliphatic heterocycles. The Hall–Kier alpha value is -1.13. The van der Waals surface area contributed by atoms with Crippen molar-refractivity contribution in [2.24, 2.45) is 0 Å². The first-order chi connectivity index (χ1) is 8.31. The van der Waals surface area contributed by atoms with Crippen LogP contribution in [0.4, 0.5) is 5.82 Å². The smallest absolute Gasteiger partial charge is 0.137 e. The zero-order valence-corrected chi connectivity index (χ0v) is 11.2. The minimum Gasteiger partial charge on any atom is -0.369 e. The molecule has 0 fully saturated rings. The van der Waals surface area contributed by atoms with Crippen LogP contribution in [0.15, 0.2) is 23.8 Å². The summed E-state index contributed by atoms with van der Waals surface area (Å²) in [7, 11) is 0. The Morgan fingerprint density at radius 3 is 3.00 bits per heavy atom. The lowest BCUT2D eigenvalue weighted by atomic mass is 10.2. The summed E-state index contributed by atoms with van der Waals surface area (Å²) in [4.78, 5) is 9.58. The van der Waals surface area contributed by atoms with E-state index in [-0.39, 0.29) is 0 Å². The molecule has 1 N–H and O–H groups in total. The highest BCUT2D eigenvalue weighted by Crippen LogP contribution is 2.20. The lowest BCUT2D eigenvalue weighted by molar-refractivity contribution is 0.984. The second-order valence-electron chi connectivity index (χ2n) is 3.60. The SMILES string of the molecule is CCc1c(Cl)ncnc1NCCc1cccs1. The third-order valence-corrected chi connectivity index (χ3v) is 3.75. The predicted molar refractivity (Wildman–Crippen MR) is 72.9 cm³/mol. The van der Waals surface area contributed by atoms with Gasteiger partial charge in [-0.15, -0.1) is 11.3 Å². The van der Waals surface area contributed by atoms with Gasteiger partial charge in [0.05, 0.1) is 0 Å². The van der Waals surface area contributed by atoms with Crippen LogP contribution in [0.1, 0.15) is 17.4 Å².